The summed E-state index contributed by atoms with van der Waals surface area (Å²) in [5, 5.41) is 2.77. The van der Waals surface area contributed by atoms with Crippen LogP contribution in [0.3, 0.4) is 0 Å². The quantitative estimate of drug-likeness (QED) is 0.431. The number of nitrogens with zero attached hydrogens (tertiary/aromatic N) is 2. The summed E-state index contributed by atoms with van der Waals surface area (Å²) in [6.07, 6.45) is 0. The Labute approximate surface area is 188 Å². The molecule has 9 nitrogen and oxygen atoms in total. The number of aryl methyl sites for hydroxylation is 1. The molecule has 0 aliphatic carbocycles. The van der Waals surface area contributed by atoms with Gasteiger partial charge in [0.25, 0.3) is 11.5 Å². The van der Waals surface area contributed by atoms with Crippen molar-refractivity contribution in [2.75, 3.05) is 11.9 Å². The van der Waals surface area contributed by atoms with Gasteiger partial charge in [0.15, 0.2) is 5.65 Å². The van der Waals surface area contributed by atoms with Crippen molar-refractivity contribution in [3.8, 4) is 5.75 Å². The fourth-order valence-corrected chi connectivity index (χ4v) is 3.13. The lowest BCUT2D eigenvalue weighted by Gasteiger charge is -2.08. The van der Waals surface area contributed by atoms with Crippen LogP contribution < -0.4 is 15.6 Å². The average molecular weight is 447 g/mol. The van der Waals surface area contributed by atoms with Crippen molar-refractivity contribution < 1.29 is 23.6 Å². The Morgan fingerprint density at radius 2 is 1.73 bits per heavy atom. The van der Waals surface area contributed by atoms with E-state index >= 15 is 0 Å². The molecule has 0 fully saturated rings. The van der Waals surface area contributed by atoms with Gasteiger partial charge in [-0.25, -0.2) is 9.78 Å². The number of amides is 1. The fourth-order valence-electron chi connectivity index (χ4n) is 3.13. The molecule has 0 spiro atoms. The van der Waals surface area contributed by atoms with Gasteiger partial charge in [-0.05, 0) is 62.4 Å². The monoisotopic (exact) mass is 447 g/mol. The molecular weight excluding hydrogens is 426 g/mol. The molecule has 9 heteroatoms. The number of carbonyl (C=O) groups excluding carboxylic acids is 2. The second-order valence-corrected chi connectivity index (χ2v) is 7.15. The topological polar surface area (TPSA) is 112 Å². The molecule has 0 saturated heterocycles. The second kappa shape index (κ2) is 9.39. The molecular formula is C24H21N3O6. The van der Waals surface area contributed by atoms with E-state index in [1.165, 1.54) is 6.07 Å². The van der Waals surface area contributed by atoms with E-state index in [1.54, 1.807) is 61.5 Å². The molecule has 2 heterocycles. The number of hydrogen-bond acceptors (Lipinski definition) is 7. The van der Waals surface area contributed by atoms with Gasteiger partial charge in [0.05, 0.1) is 17.9 Å². The number of carbonyl (C=O) groups is 2. The van der Waals surface area contributed by atoms with Crippen molar-refractivity contribution >= 4 is 23.2 Å². The van der Waals surface area contributed by atoms with Gasteiger partial charge in [-0.2, -0.15) is 0 Å². The fraction of sp³-hybridized carbons (Fsp3) is 0.167. The maximum atomic E-state index is 12.4. The smallest absolute Gasteiger partial charge is 0.338 e. The summed E-state index contributed by atoms with van der Waals surface area (Å²) < 4.78 is 16.9. The highest BCUT2D eigenvalue weighted by Crippen LogP contribution is 2.16. The summed E-state index contributed by atoms with van der Waals surface area (Å²) in [5.74, 6) is 0.376. The maximum Gasteiger partial charge on any atom is 0.338 e. The first-order chi connectivity index (χ1) is 15.9. The van der Waals surface area contributed by atoms with E-state index in [-0.39, 0.29) is 12.5 Å². The van der Waals surface area contributed by atoms with E-state index in [2.05, 4.69) is 10.3 Å². The number of benzene rings is 2. The van der Waals surface area contributed by atoms with E-state index in [4.69, 9.17) is 14.0 Å². The van der Waals surface area contributed by atoms with E-state index in [0.29, 0.717) is 46.3 Å². The number of aromatic nitrogens is 2. The van der Waals surface area contributed by atoms with Gasteiger partial charge >= 0.3 is 5.97 Å². The highest BCUT2D eigenvalue weighted by atomic mass is 16.5. The third-order valence-corrected chi connectivity index (χ3v) is 4.68. The Kier molecular flexibility index (Phi) is 6.21. The van der Waals surface area contributed by atoms with Crippen LogP contribution in [0.15, 0.2) is 70.0 Å². The van der Waals surface area contributed by atoms with Crippen molar-refractivity contribution in [2.45, 2.75) is 20.5 Å². The van der Waals surface area contributed by atoms with E-state index in [0.717, 1.165) is 4.57 Å². The molecule has 2 aromatic heterocycles. The molecule has 33 heavy (non-hydrogen) atoms. The number of esters is 1. The van der Waals surface area contributed by atoms with Gasteiger partial charge in [0, 0.05) is 23.4 Å². The number of ether oxygens (including phenoxy) is 2. The molecule has 2 aromatic carbocycles. The molecule has 0 aliphatic rings. The molecule has 0 aliphatic heterocycles. The zero-order valence-electron chi connectivity index (χ0n) is 18.0. The van der Waals surface area contributed by atoms with Gasteiger partial charge in [-0.1, -0.05) is 0 Å². The molecule has 0 unspecified atom stereocenters. The summed E-state index contributed by atoms with van der Waals surface area (Å²) in [5.41, 5.74) is 1.57. The molecule has 0 radical (unpaired) electrons. The van der Waals surface area contributed by atoms with Gasteiger partial charge in [0.1, 0.15) is 18.1 Å². The van der Waals surface area contributed by atoms with Crippen LogP contribution in [0.25, 0.3) is 5.65 Å². The summed E-state index contributed by atoms with van der Waals surface area (Å²) >= 11 is 0. The van der Waals surface area contributed by atoms with Crippen molar-refractivity contribution in [1.82, 2.24) is 9.56 Å². The van der Waals surface area contributed by atoms with Crippen LogP contribution in [0, 0.1) is 6.92 Å². The van der Waals surface area contributed by atoms with Crippen molar-refractivity contribution in [1.29, 1.82) is 0 Å². The van der Waals surface area contributed by atoms with Crippen molar-refractivity contribution in [3.05, 3.63) is 93.6 Å². The zero-order chi connectivity index (χ0) is 23.4. The minimum atomic E-state index is -0.579. The van der Waals surface area contributed by atoms with Gasteiger partial charge in [-0.15, -0.1) is 4.57 Å². The van der Waals surface area contributed by atoms with Gasteiger partial charge in [0.2, 0.25) is 0 Å². The third-order valence-electron chi connectivity index (χ3n) is 4.68. The Balaban J connectivity index is 1.36. The number of anilines is 1. The molecule has 0 saturated carbocycles. The minimum Gasteiger partial charge on any atom is -0.494 e. The number of fused-ring (bicyclic) bond motifs is 1. The van der Waals surface area contributed by atoms with Crippen LogP contribution in [0.1, 0.15) is 39.1 Å². The Bertz CT molecular complexity index is 1350. The lowest BCUT2D eigenvalue weighted by atomic mass is 10.1. The molecule has 1 N–H and O–H groups in total. The average Bonchev–Trinajstić information content (AvgIpc) is 3.19. The summed E-state index contributed by atoms with van der Waals surface area (Å²) in [4.78, 5) is 41.1. The third kappa shape index (κ3) is 5.09. The van der Waals surface area contributed by atoms with Crippen molar-refractivity contribution in [2.24, 2.45) is 0 Å². The normalized spacial score (nSPS) is 10.7. The van der Waals surface area contributed by atoms with E-state index < -0.39 is 11.5 Å². The first-order valence-corrected chi connectivity index (χ1v) is 10.2. The summed E-state index contributed by atoms with van der Waals surface area (Å²) in [7, 11) is 0. The standard InChI is InChI=1S/C24H21N3O6/c1-3-31-20-10-6-16(7-11-20)23(29)26-18-8-4-17(5-9-18)24(30)32-14-19-13-22(28)27-21(25-19)12-15(2)33-27/h4-13H,3,14H2,1-2H3,(H,26,29). The SMILES string of the molecule is CCOc1ccc(C(=O)Nc2ccc(C(=O)OCc3cc(=O)n4oc(C)cc4n3)cc2)cc1. The summed E-state index contributed by atoms with van der Waals surface area (Å²) in [6.45, 7) is 3.98. The number of hydrogen-bond donors (Lipinski definition) is 1. The predicted octanol–water partition coefficient (Wildman–Crippen LogP) is 3.60. The van der Waals surface area contributed by atoms with Crippen molar-refractivity contribution in [3.63, 3.8) is 0 Å². The molecule has 0 bridgehead atoms. The Morgan fingerprint density at radius 1 is 1.03 bits per heavy atom. The molecule has 4 rings (SSSR count). The van der Waals surface area contributed by atoms with Crippen LogP contribution in [0.5, 0.6) is 5.75 Å². The number of rotatable bonds is 7. The van der Waals surface area contributed by atoms with Crippen LogP contribution in [0.4, 0.5) is 5.69 Å². The molecule has 168 valence electrons. The highest BCUT2D eigenvalue weighted by molar-refractivity contribution is 6.04. The van der Waals surface area contributed by atoms with Crippen LogP contribution in [-0.4, -0.2) is 28.0 Å². The molecule has 4 aromatic rings. The number of nitrogens with one attached hydrogen (secondary N) is 1. The molecule has 1 amide bonds. The molecule has 0 atom stereocenters. The largest absolute Gasteiger partial charge is 0.494 e. The van der Waals surface area contributed by atoms with Gasteiger partial charge < -0.3 is 19.3 Å². The van der Waals surface area contributed by atoms with E-state index in [9.17, 15) is 14.4 Å². The Hall–Kier alpha value is -4.40. The van der Waals surface area contributed by atoms with Crippen LogP contribution in [0.2, 0.25) is 0 Å². The minimum absolute atomic E-state index is 0.162. The first-order valence-electron chi connectivity index (χ1n) is 10.2. The lowest BCUT2D eigenvalue weighted by Crippen LogP contribution is -2.15. The first kappa shape index (κ1) is 21.8. The zero-order valence-corrected chi connectivity index (χ0v) is 18.0. The lowest BCUT2D eigenvalue weighted by molar-refractivity contribution is 0.0467. The summed E-state index contributed by atoms with van der Waals surface area (Å²) in [6, 6.07) is 16.0. The highest BCUT2D eigenvalue weighted by Gasteiger charge is 2.12. The van der Waals surface area contributed by atoms with Crippen LogP contribution >= 0.6 is 0 Å². The second-order valence-electron chi connectivity index (χ2n) is 7.15. The predicted molar refractivity (Wildman–Crippen MR) is 120 cm³/mol. The Morgan fingerprint density at radius 3 is 2.42 bits per heavy atom. The maximum absolute atomic E-state index is 12.4. The van der Waals surface area contributed by atoms with Gasteiger partial charge in [-0.3, -0.25) is 9.59 Å². The van der Waals surface area contributed by atoms with Crippen LogP contribution in [-0.2, 0) is 11.3 Å². The van der Waals surface area contributed by atoms with E-state index in [1.807, 2.05) is 6.92 Å².